The summed E-state index contributed by atoms with van der Waals surface area (Å²) in [6.45, 7) is 6.40. The summed E-state index contributed by atoms with van der Waals surface area (Å²) in [7, 11) is 0. The Morgan fingerprint density at radius 1 is 1.13 bits per heavy atom. The van der Waals surface area contributed by atoms with Gasteiger partial charge in [0.15, 0.2) is 5.65 Å². The molecule has 164 valence electrons. The van der Waals surface area contributed by atoms with Gasteiger partial charge >= 0.3 is 6.03 Å². The number of amides is 2. The summed E-state index contributed by atoms with van der Waals surface area (Å²) in [5.74, 6) is 1.48. The third-order valence-electron chi connectivity index (χ3n) is 5.64. The first kappa shape index (κ1) is 21.4. The summed E-state index contributed by atoms with van der Waals surface area (Å²) in [4.78, 5) is 21.1. The van der Waals surface area contributed by atoms with Crippen molar-refractivity contribution in [3.63, 3.8) is 0 Å². The second-order valence-corrected chi connectivity index (χ2v) is 8.37. The first-order valence-electron chi connectivity index (χ1n) is 10.8. The molecule has 4 rings (SSSR count). The van der Waals surface area contributed by atoms with Crippen LogP contribution in [0.1, 0.15) is 44.1 Å². The number of anilines is 1. The van der Waals surface area contributed by atoms with Crippen molar-refractivity contribution in [1.82, 2.24) is 30.4 Å². The van der Waals surface area contributed by atoms with Crippen molar-refractivity contribution in [2.75, 3.05) is 11.9 Å². The van der Waals surface area contributed by atoms with E-state index in [9.17, 15) is 4.79 Å². The van der Waals surface area contributed by atoms with Gasteiger partial charge in [0.25, 0.3) is 0 Å². The lowest BCUT2D eigenvalue weighted by atomic mass is 9.91. The lowest BCUT2D eigenvalue weighted by Gasteiger charge is -2.30. The predicted molar refractivity (Wildman–Crippen MR) is 123 cm³/mol. The number of urea groups is 1. The predicted octanol–water partition coefficient (Wildman–Crippen LogP) is 4.13. The highest BCUT2D eigenvalue weighted by molar-refractivity contribution is 6.32. The number of benzene rings is 1. The first-order chi connectivity index (χ1) is 15.0. The Balaban J connectivity index is 1.56. The Bertz CT molecular complexity index is 1090. The third-order valence-corrected chi connectivity index (χ3v) is 5.95. The molecule has 2 aromatic heterocycles. The van der Waals surface area contributed by atoms with Gasteiger partial charge in [-0.3, -0.25) is 0 Å². The molecule has 1 saturated carbocycles. The molecule has 1 aromatic carbocycles. The zero-order chi connectivity index (χ0) is 22.0. The molecule has 1 aliphatic rings. The van der Waals surface area contributed by atoms with Gasteiger partial charge in [0.2, 0.25) is 0 Å². The van der Waals surface area contributed by atoms with E-state index in [1.165, 1.54) is 0 Å². The first-order valence-corrected chi connectivity index (χ1v) is 11.1. The second-order valence-electron chi connectivity index (χ2n) is 7.96. The van der Waals surface area contributed by atoms with Gasteiger partial charge in [0.1, 0.15) is 11.6 Å². The number of fused-ring (bicyclic) bond motifs is 1. The maximum atomic E-state index is 11.8. The highest BCUT2D eigenvalue weighted by atomic mass is 35.5. The van der Waals surface area contributed by atoms with E-state index in [0.29, 0.717) is 17.4 Å². The summed E-state index contributed by atoms with van der Waals surface area (Å²) in [6, 6.07) is 8.02. The Morgan fingerprint density at radius 2 is 1.84 bits per heavy atom. The van der Waals surface area contributed by atoms with Crippen LogP contribution in [0.5, 0.6) is 0 Å². The molecule has 3 aromatic rings. The van der Waals surface area contributed by atoms with E-state index in [-0.39, 0.29) is 18.1 Å². The zero-order valence-corrected chi connectivity index (χ0v) is 18.8. The van der Waals surface area contributed by atoms with Gasteiger partial charge in [-0.15, -0.1) is 0 Å². The van der Waals surface area contributed by atoms with Crippen LogP contribution in [0.4, 0.5) is 10.6 Å². The van der Waals surface area contributed by atoms with Crippen LogP contribution < -0.4 is 16.0 Å². The summed E-state index contributed by atoms with van der Waals surface area (Å²) < 4.78 is 1.79. The van der Waals surface area contributed by atoms with E-state index >= 15 is 0 Å². The highest BCUT2D eigenvalue weighted by Crippen LogP contribution is 2.31. The van der Waals surface area contributed by atoms with E-state index in [0.717, 1.165) is 53.9 Å². The smallest absolute Gasteiger partial charge is 0.314 e. The molecule has 2 heterocycles. The van der Waals surface area contributed by atoms with Crippen molar-refractivity contribution in [3.8, 4) is 5.69 Å². The minimum absolute atomic E-state index is 0.0883. The summed E-state index contributed by atoms with van der Waals surface area (Å²) in [5.41, 5.74) is 2.39. The number of hydrogen-bond acceptors (Lipinski definition) is 5. The van der Waals surface area contributed by atoms with E-state index in [4.69, 9.17) is 16.7 Å². The van der Waals surface area contributed by atoms with Crippen LogP contribution in [0.2, 0.25) is 5.02 Å². The Morgan fingerprint density at radius 3 is 2.55 bits per heavy atom. The van der Waals surface area contributed by atoms with Crippen molar-refractivity contribution in [2.24, 2.45) is 0 Å². The second kappa shape index (κ2) is 9.09. The Hall–Kier alpha value is -2.87. The molecule has 0 aliphatic heterocycles. The molecule has 1 aliphatic carbocycles. The van der Waals surface area contributed by atoms with Crippen LogP contribution in [0.3, 0.4) is 0 Å². The van der Waals surface area contributed by atoms with Crippen molar-refractivity contribution in [2.45, 2.75) is 58.5 Å². The largest absolute Gasteiger partial charge is 0.367 e. The maximum Gasteiger partial charge on any atom is 0.314 e. The summed E-state index contributed by atoms with van der Waals surface area (Å²) in [6.07, 6.45) is 3.78. The minimum Gasteiger partial charge on any atom is -0.367 e. The minimum atomic E-state index is -0.0883. The lowest BCUT2D eigenvalue weighted by Crippen LogP contribution is -2.44. The lowest BCUT2D eigenvalue weighted by molar-refractivity contribution is 0.232. The van der Waals surface area contributed by atoms with Gasteiger partial charge in [0, 0.05) is 18.6 Å². The Labute approximate surface area is 186 Å². The molecule has 0 bridgehead atoms. The Kier molecular flexibility index (Phi) is 6.27. The number of carbonyl (C=O) groups excluding carboxylic acids is 1. The molecule has 0 spiro atoms. The molecule has 0 unspecified atom stereocenters. The van der Waals surface area contributed by atoms with Gasteiger partial charge in [-0.2, -0.15) is 5.10 Å². The van der Waals surface area contributed by atoms with Gasteiger partial charge in [-0.25, -0.2) is 19.4 Å². The van der Waals surface area contributed by atoms with Crippen LogP contribution in [0.25, 0.3) is 16.7 Å². The zero-order valence-electron chi connectivity index (χ0n) is 18.1. The molecule has 2 amide bonds. The molecule has 31 heavy (non-hydrogen) atoms. The number of para-hydroxylation sites is 1. The molecular weight excluding hydrogens is 414 g/mol. The molecule has 0 atom stereocenters. The van der Waals surface area contributed by atoms with Crippen LogP contribution >= 0.6 is 11.6 Å². The number of aryl methyl sites for hydroxylation is 2. The monoisotopic (exact) mass is 441 g/mol. The molecule has 3 N–H and O–H groups in total. The van der Waals surface area contributed by atoms with Gasteiger partial charge in [-0.1, -0.05) is 23.7 Å². The number of aromatic nitrogens is 4. The molecule has 9 heteroatoms. The number of rotatable bonds is 5. The summed E-state index contributed by atoms with van der Waals surface area (Å²) >= 11 is 6.42. The van der Waals surface area contributed by atoms with Gasteiger partial charge in [0.05, 0.1) is 21.8 Å². The normalized spacial score (nSPS) is 18.7. The van der Waals surface area contributed by atoms with Crippen molar-refractivity contribution < 1.29 is 4.79 Å². The molecule has 0 radical (unpaired) electrons. The van der Waals surface area contributed by atoms with E-state index < -0.39 is 0 Å². The van der Waals surface area contributed by atoms with Crippen LogP contribution in [-0.2, 0) is 0 Å². The van der Waals surface area contributed by atoms with E-state index in [2.05, 4.69) is 25.9 Å². The van der Waals surface area contributed by atoms with Crippen LogP contribution in [-0.4, -0.2) is 44.4 Å². The molecule has 8 nitrogen and oxygen atoms in total. The number of halogens is 1. The fourth-order valence-corrected chi connectivity index (χ4v) is 4.38. The average Bonchev–Trinajstić information content (AvgIpc) is 3.06. The van der Waals surface area contributed by atoms with Crippen molar-refractivity contribution in [1.29, 1.82) is 0 Å². The van der Waals surface area contributed by atoms with Gasteiger partial charge < -0.3 is 16.0 Å². The molecule has 1 fully saturated rings. The molecule has 0 saturated heterocycles. The van der Waals surface area contributed by atoms with Crippen LogP contribution in [0.15, 0.2) is 24.3 Å². The van der Waals surface area contributed by atoms with Gasteiger partial charge in [-0.05, 0) is 58.6 Å². The number of hydrogen-bond donors (Lipinski definition) is 3. The summed E-state index contributed by atoms with van der Waals surface area (Å²) in [5, 5.41) is 15.7. The van der Waals surface area contributed by atoms with E-state index in [1.54, 1.807) is 4.68 Å². The molecular formula is C22H28ClN7O. The quantitative estimate of drug-likeness (QED) is 0.553. The SMILES string of the molecule is CCNC(=O)NC1CCC(Nc2nc(C)nc3c2c(C)nn3-c2ccccc2Cl)CC1. The van der Waals surface area contributed by atoms with Crippen molar-refractivity contribution in [3.05, 3.63) is 40.8 Å². The average molecular weight is 442 g/mol. The van der Waals surface area contributed by atoms with Crippen LogP contribution in [0, 0.1) is 13.8 Å². The fourth-order valence-electron chi connectivity index (χ4n) is 4.16. The van der Waals surface area contributed by atoms with E-state index in [1.807, 2.05) is 45.0 Å². The van der Waals surface area contributed by atoms with Crippen molar-refractivity contribution >= 4 is 34.5 Å². The standard InChI is InChI=1S/C22H28ClN7O/c1-4-24-22(31)28-16-11-9-15(10-12-16)27-20-19-13(2)29-30(21(19)26-14(3)25-20)18-8-6-5-7-17(18)23/h5-8,15-16H,4,9-12H2,1-3H3,(H2,24,28,31)(H,25,26,27). The third kappa shape index (κ3) is 4.58. The number of nitrogens with one attached hydrogen (secondary N) is 3. The number of nitrogens with zero attached hydrogens (tertiary/aromatic N) is 4. The highest BCUT2D eigenvalue weighted by Gasteiger charge is 2.25. The topological polar surface area (TPSA) is 96.8 Å². The maximum absolute atomic E-state index is 11.8. The fraction of sp³-hybridized carbons (Fsp3) is 0.455. The number of carbonyl (C=O) groups is 1.